The van der Waals surface area contributed by atoms with Gasteiger partial charge in [0.15, 0.2) is 16.7 Å². The molecule has 142 valence electrons. The van der Waals surface area contributed by atoms with E-state index in [1.54, 1.807) is 37.5 Å². The number of hydrogen-bond donors (Lipinski definition) is 1. The zero-order chi connectivity index (χ0) is 20.0. The number of pyridine rings is 1. The van der Waals surface area contributed by atoms with Gasteiger partial charge in [0.25, 0.3) is 5.91 Å². The molecule has 1 unspecified atom stereocenters. The summed E-state index contributed by atoms with van der Waals surface area (Å²) in [6, 6.07) is 6.38. The lowest BCUT2D eigenvalue weighted by Gasteiger charge is -2.23. The van der Waals surface area contributed by atoms with Gasteiger partial charge in [-0.3, -0.25) is 19.5 Å². The van der Waals surface area contributed by atoms with Crippen LogP contribution in [0, 0.1) is 6.92 Å². The Morgan fingerprint density at radius 1 is 1.39 bits per heavy atom. The van der Waals surface area contributed by atoms with Crippen molar-refractivity contribution in [3.05, 3.63) is 64.1 Å². The largest absolute Gasteiger partial charge is 0.503 e. The number of benzene rings is 1. The number of aliphatic hydroxyl groups is 1. The maximum atomic E-state index is 12.9. The van der Waals surface area contributed by atoms with Gasteiger partial charge in [0.05, 0.1) is 21.8 Å². The second-order valence-corrected chi connectivity index (χ2v) is 7.88. The molecule has 1 amide bonds. The van der Waals surface area contributed by atoms with Crippen LogP contribution >= 0.6 is 22.9 Å². The van der Waals surface area contributed by atoms with Crippen molar-refractivity contribution in [2.75, 3.05) is 4.90 Å². The summed E-state index contributed by atoms with van der Waals surface area (Å²) in [5.74, 6) is -1.47. The van der Waals surface area contributed by atoms with Crippen LogP contribution in [-0.4, -0.2) is 26.8 Å². The molecular weight excluding hydrogens is 398 g/mol. The quantitative estimate of drug-likeness (QED) is 0.679. The predicted octanol–water partition coefficient (Wildman–Crippen LogP) is 4.53. The topological polar surface area (TPSA) is 83.4 Å². The molecule has 6 nitrogen and oxygen atoms in total. The standard InChI is InChI=1S/C20H16ClN3O3S/c1-3-14(25)16-17(11-5-4-6-22-9-11)24(19(27)18(16)26)20-23-13-8-12(21)10(2)7-15(13)28-20/h4-9,17,26H,3H2,1-2H3. The number of aliphatic hydroxyl groups excluding tert-OH is 1. The van der Waals surface area contributed by atoms with Crippen molar-refractivity contribution in [1.29, 1.82) is 0 Å². The first-order chi connectivity index (χ1) is 13.4. The fraction of sp³-hybridized carbons (Fsp3) is 0.200. The Kier molecular flexibility index (Phi) is 4.64. The Morgan fingerprint density at radius 2 is 2.18 bits per heavy atom. The van der Waals surface area contributed by atoms with E-state index >= 15 is 0 Å². The van der Waals surface area contributed by atoms with Crippen LogP contribution in [0.2, 0.25) is 5.02 Å². The fourth-order valence-electron chi connectivity index (χ4n) is 3.27. The number of thiazole rings is 1. The second-order valence-electron chi connectivity index (χ2n) is 6.47. The molecule has 0 aliphatic carbocycles. The number of aromatic nitrogens is 2. The molecule has 4 rings (SSSR count). The number of rotatable bonds is 4. The number of ketones is 1. The minimum atomic E-state index is -0.772. The van der Waals surface area contributed by atoms with Crippen LogP contribution in [0.15, 0.2) is 48.0 Å². The first-order valence-corrected chi connectivity index (χ1v) is 9.88. The molecule has 0 spiro atoms. The molecular formula is C20H16ClN3O3S. The molecule has 1 aliphatic rings. The van der Waals surface area contributed by atoms with Crippen molar-refractivity contribution in [3.8, 4) is 0 Å². The van der Waals surface area contributed by atoms with E-state index in [4.69, 9.17) is 11.6 Å². The number of Topliss-reactive ketones (excluding diaryl/α,β-unsaturated/α-hetero) is 1. The molecule has 1 N–H and O–H groups in total. The van der Waals surface area contributed by atoms with Gasteiger partial charge in [0.2, 0.25) is 0 Å². The van der Waals surface area contributed by atoms with Crippen LogP contribution in [0.3, 0.4) is 0 Å². The van der Waals surface area contributed by atoms with E-state index < -0.39 is 17.7 Å². The first kappa shape index (κ1) is 18.6. The lowest BCUT2D eigenvalue weighted by molar-refractivity contribution is -0.118. The summed E-state index contributed by atoms with van der Waals surface area (Å²) in [4.78, 5) is 35.5. The second kappa shape index (κ2) is 7.00. The van der Waals surface area contributed by atoms with Crippen LogP contribution in [0.4, 0.5) is 5.13 Å². The number of carbonyl (C=O) groups excluding carboxylic acids is 2. The predicted molar refractivity (Wildman–Crippen MR) is 109 cm³/mol. The minimum absolute atomic E-state index is 0.0777. The Hall–Kier alpha value is -2.77. The minimum Gasteiger partial charge on any atom is -0.503 e. The molecule has 0 fully saturated rings. The Labute approximate surface area is 170 Å². The summed E-state index contributed by atoms with van der Waals surface area (Å²) in [7, 11) is 0. The number of carbonyl (C=O) groups is 2. The summed E-state index contributed by atoms with van der Waals surface area (Å²) in [6.07, 6.45) is 3.37. The van der Waals surface area contributed by atoms with Gasteiger partial charge in [-0.1, -0.05) is 35.9 Å². The number of fused-ring (bicyclic) bond motifs is 1. The molecule has 1 aromatic carbocycles. The SMILES string of the molecule is CCC(=O)C1=C(O)C(=O)N(c2nc3cc(Cl)c(C)cc3s2)C1c1cccnc1. The Morgan fingerprint density at radius 3 is 2.86 bits per heavy atom. The van der Waals surface area contributed by atoms with Gasteiger partial charge < -0.3 is 5.11 Å². The molecule has 1 aliphatic heterocycles. The number of amides is 1. The summed E-state index contributed by atoms with van der Waals surface area (Å²) >= 11 is 7.51. The highest BCUT2D eigenvalue weighted by Gasteiger charge is 2.45. The van der Waals surface area contributed by atoms with E-state index in [1.165, 1.54) is 16.2 Å². The van der Waals surface area contributed by atoms with Gasteiger partial charge in [-0.25, -0.2) is 4.98 Å². The summed E-state index contributed by atoms with van der Waals surface area (Å²) in [5.41, 5.74) is 2.27. The van der Waals surface area contributed by atoms with Crippen LogP contribution in [0.1, 0.15) is 30.5 Å². The average Bonchev–Trinajstić information content (AvgIpc) is 3.20. The third-order valence-corrected chi connectivity index (χ3v) is 6.12. The van der Waals surface area contributed by atoms with Crippen molar-refractivity contribution >= 4 is 50.0 Å². The van der Waals surface area contributed by atoms with Crippen LogP contribution in [0.5, 0.6) is 0 Å². The maximum absolute atomic E-state index is 12.9. The van der Waals surface area contributed by atoms with E-state index in [2.05, 4.69) is 9.97 Å². The Balaban J connectivity index is 1.90. The van der Waals surface area contributed by atoms with E-state index in [1.807, 2.05) is 13.0 Å². The maximum Gasteiger partial charge on any atom is 0.296 e. The zero-order valence-corrected chi connectivity index (χ0v) is 16.7. The van der Waals surface area contributed by atoms with Crippen molar-refractivity contribution in [2.24, 2.45) is 0 Å². The number of nitrogens with zero attached hydrogens (tertiary/aromatic N) is 3. The highest BCUT2D eigenvalue weighted by atomic mass is 35.5. The molecule has 0 radical (unpaired) electrons. The molecule has 2 aromatic heterocycles. The van der Waals surface area contributed by atoms with Gasteiger partial charge in [-0.2, -0.15) is 0 Å². The normalized spacial score (nSPS) is 17.0. The van der Waals surface area contributed by atoms with Gasteiger partial charge >= 0.3 is 0 Å². The third kappa shape index (κ3) is 2.87. The van der Waals surface area contributed by atoms with Crippen LogP contribution in [-0.2, 0) is 9.59 Å². The van der Waals surface area contributed by atoms with E-state index in [0.29, 0.717) is 21.2 Å². The first-order valence-electron chi connectivity index (χ1n) is 8.68. The summed E-state index contributed by atoms with van der Waals surface area (Å²) in [5, 5.41) is 11.5. The highest BCUT2D eigenvalue weighted by Crippen LogP contribution is 2.43. The van der Waals surface area contributed by atoms with Crippen LogP contribution in [0.25, 0.3) is 10.2 Å². The van der Waals surface area contributed by atoms with Crippen molar-refractivity contribution < 1.29 is 14.7 Å². The molecule has 3 heterocycles. The number of halogens is 1. The van der Waals surface area contributed by atoms with E-state index in [9.17, 15) is 14.7 Å². The van der Waals surface area contributed by atoms with Crippen molar-refractivity contribution in [3.63, 3.8) is 0 Å². The van der Waals surface area contributed by atoms with Gasteiger partial charge in [0, 0.05) is 23.8 Å². The zero-order valence-electron chi connectivity index (χ0n) is 15.1. The molecule has 28 heavy (non-hydrogen) atoms. The lowest BCUT2D eigenvalue weighted by atomic mass is 9.96. The lowest BCUT2D eigenvalue weighted by Crippen LogP contribution is -2.30. The molecule has 8 heteroatoms. The number of anilines is 1. The summed E-state index contributed by atoms with van der Waals surface area (Å²) in [6.45, 7) is 3.59. The van der Waals surface area contributed by atoms with E-state index in [-0.39, 0.29) is 17.8 Å². The van der Waals surface area contributed by atoms with Gasteiger partial charge in [0.1, 0.15) is 0 Å². The molecule has 0 saturated heterocycles. The smallest absolute Gasteiger partial charge is 0.296 e. The van der Waals surface area contributed by atoms with E-state index in [0.717, 1.165) is 10.3 Å². The van der Waals surface area contributed by atoms with Gasteiger partial charge in [-0.15, -0.1) is 0 Å². The molecule has 0 bridgehead atoms. The third-order valence-electron chi connectivity index (χ3n) is 4.69. The number of aryl methyl sites for hydroxylation is 1. The average molecular weight is 414 g/mol. The number of hydrogen-bond acceptors (Lipinski definition) is 6. The summed E-state index contributed by atoms with van der Waals surface area (Å²) < 4.78 is 0.865. The Bertz CT molecular complexity index is 1100. The highest BCUT2D eigenvalue weighted by molar-refractivity contribution is 7.22. The van der Waals surface area contributed by atoms with Crippen LogP contribution < -0.4 is 4.90 Å². The van der Waals surface area contributed by atoms with Gasteiger partial charge in [-0.05, 0) is 36.2 Å². The molecule has 1 atom stereocenters. The molecule has 3 aromatic rings. The van der Waals surface area contributed by atoms with Crippen molar-refractivity contribution in [1.82, 2.24) is 9.97 Å². The molecule has 0 saturated carbocycles. The van der Waals surface area contributed by atoms with Crippen molar-refractivity contribution in [2.45, 2.75) is 26.3 Å². The fourth-order valence-corrected chi connectivity index (χ4v) is 4.50. The monoisotopic (exact) mass is 413 g/mol.